The fourth-order valence-corrected chi connectivity index (χ4v) is 3.11. The molecule has 1 saturated heterocycles. The van der Waals surface area contributed by atoms with Gasteiger partial charge in [0, 0.05) is 13.1 Å². The third kappa shape index (κ3) is 5.08. The molecule has 2 rings (SSSR count). The van der Waals surface area contributed by atoms with Gasteiger partial charge in [-0.05, 0) is 34.6 Å². The first-order valence-electron chi connectivity index (χ1n) is 8.83. The van der Waals surface area contributed by atoms with Crippen LogP contribution in [0.4, 0.5) is 24.0 Å². The number of nitrogens with one attached hydrogen (secondary N) is 1. The van der Waals surface area contributed by atoms with E-state index in [-0.39, 0.29) is 37.6 Å². The molecular formula is C17H25F3N4O4. The van der Waals surface area contributed by atoms with Crippen LogP contribution < -0.4 is 10.2 Å². The van der Waals surface area contributed by atoms with Crippen LogP contribution >= 0.6 is 0 Å². The molecule has 1 aliphatic heterocycles. The van der Waals surface area contributed by atoms with Crippen molar-refractivity contribution in [3.05, 3.63) is 11.5 Å². The molecule has 2 unspecified atom stereocenters. The van der Waals surface area contributed by atoms with E-state index in [9.17, 15) is 22.8 Å². The monoisotopic (exact) mass is 406 g/mol. The van der Waals surface area contributed by atoms with E-state index in [1.54, 1.807) is 44.4 Å². The van der Waals surface area contributed by atoms with Crippen molar-refractivity contribution in [2.45, 2.75) is 65.0 Å². The van der Waals surface area contributed by atoms with E-state index in [1.807, 2.05) is 0 Å². The summed E-state index contributed by atoms with van der Waals surface area (Å²) in [5, 5.41) is 2.16. The Morgan fingerprint density at radius 3 is 2.32 bits per heavy atom. The number of alkyl halides is 3. The van der Waals surface area contributed by atoms with E-state index in [0.717, 1.165) is 0 Å². The molecule has 158 valence electrons. The molecule has 2 atom stereocenters. The van der Waals surface area contributed by atoms with Crippen molar-refractivity contribution in [3.8, 4) is 0 Å². The van der Waals surface area contributed by atoms with Crippen molar-refractivity contribution < 1.29 is 31.9 Å². The first-order valence-corrected chi connectivity index (χ1v) is 8.83. The van der Waals surface area contributed by atoms with Crippen LogP contribution in [0.2, 0.25) is 0 Å². The molecule has 1 fully saturated rings. The van der Waals surface area contributed by atoms with Gasteiger partial charge in [-0.2, -0.15) is 18.2 Å². The maximum absolute atomic E-state index is 13.2. The summed E-state index contributed by atoms with van der Waals surface area (Å²) in [6.45, 7) is 8.88. The van der Waals surface area contributed by atoms with Crippen molar-refractivity contribution in [2.24, 2.45) is 0 Å². The highest BCUT2D eigenvalue weighted by Crippen LogP contribution is 2.35. The Hall–Kier alpha value is -2.46. The molecule has 0 aromatic carbocycles. The molecule has 2 heterocycles. The molecule has 1 aliphatic rings. The second-order valence-corrected chi connectivity index (χ2v) is 7.76. The molecule has 0 bridgehead atoms. The Morgan fingerprint density at radius 1 is 1.29 bits per heavy atom. The molecule has 1 aromatic heterocycles. The number of hydrogen-bond acceptors (Lipinski definition) is 6. The zero-order valence-electron chi connectivity index (χ0n) is 16.5. The van der Waals surface area contributed by atoms with E-state index < -0.39 is 35.9 Å². The van der Waals surface area contributed by atoms with Crippen LogP contribution in [0.1, 0.15) is 46.1 Å². The Kier molecular flexibility index (Phi) is 6.15. The van der Waals surface area contributed by atoms with Gasteiger partial charge < -0.3 is 19.4 Å². The predicted molar refractivity (Wildman–Crippen MR) is 93.6 cm³/mol. The normalized spacial score (nSPS) is 20.9. The quantitative estimate of drug-likeness (QED) is 0.774. The Bertz CT molecular complexity index is 702. The second kappa shape index (κ2) is 7.88. The Labute approximate surface area is 161 Å². The topological polar surface area (TPSA) is 87.9 Å². The highest BCUT2D eigenvalue weighted by Gasteiger charge is 2.42. The number of oxazole rings is 1. The second-order valence-electron chi connectivity index (χ2n) is 7.76. The number of aromatic nitrogens is 1. The van der Waals surface area contributed by atoms with E-state index in [1.165, 1.54) is 0 Å². The average molecular weight is 406 g/mol. The summed E-state index contributed by atoms with van der Waals surface area (Å²) < 4.78 is 50.0. The molecule has 8 nitrogen and oxygen atoms in total. The summed E-state index contributed by atoms with van der Waals surface area (Å²) in [5.41, 5.74) is -1.05. The van der Waals surface area contributed by atoms with Crippen LogP contribution in [-0.2, 0) is 22.3 Å². The lowest BCUT2D eigenvalue weighted by atomic mass is 10.1. The third-order valence-corrected chi connectivity index (χ3v) is 4.09. The highest BCUT2D eigenvalue weighted by molar-refractivity contribution is 5.69. The number of ether oxygens (including phenoxy) is 1. The summed E-state index contributed by atoms with van der Waals surface area (Å²) in [7, 11) is 0. The summed E-state index contributed by atoms with van der Waals surface area (Å²) in [5.74, 6) is -1.24. The standard InChI is InChI=1S/C17H25F3N4O4/c1-10-7-23(8-11(2)24(10)15(26)28-16(3,4)5)14-22-12(6-21-9-25)13(27-14)17(18,19)20/h9-11H,6-8H2,1-5H3,(H,21,25). The van der Waals surface area contributed by atoms with Gasteiger partial charge in [-0.25, -0.2) is 4.79 Å². The lowest BCUT2D eigenvalue weighted by molar-refractivity contribution is -0.153. The average Bonchev–Trinajstić information content (AvgIpc) is 2.94. The van der Waals surface area contributed by atoms with Gasteiger partial charge in [-0.1, -0.05) is 0 Å². The molecule has 11 heteroatoms. The summed E-state index contributed by atoms with van der Waals surface area (Å²) in [4.78, 5) is 29.9. The van der Waals surface area contributed by atoms with Gasteiger partial charge in [0.2, 0.25) is 12.2 Å². The van der Waals surface area contributed by atoms with Gasteiger partial charge in [0.05, 0.1) is 18.6 Å². The van der Waals surface area contributed by atoms with Gasteiger partial charge in [0.25, 0.3) is 6.01 Å². The number of carbonyl (C=O) groups is 2. The van der Waals surface area contributed by atoms with Crippen molar-refractivity contribution in [1.29, 1.82) is 0 Å². The van der Waals surface area contributed by atoms with Crippen molar-refractivity contribution in [3.63, 3.8) is 0 Å². The Balaban J connectivity index is 2.21. The van der Waals surface area contributed by atoms with Crippen molar-refractivity contribution in [1.82, 2.24) is 15.2 Å². The molecule has 1 aromatic rings. The molecule has 28 heavy (non-hydrogen) atoms. The van der Waals surface area contributed by atoms with Crippen LogP contribution in [0.25, 0.3) is 0 Å². The summed E-state index contributed by atoms with van der Waals surface area (Å²) in [6, 6.07) is -0.870. The van der Waals surface area contributed by atoms with E-state index >= 15 is 0 Å². The minimum Gasteiger partial charge on any atom is -0.444 e. The predicted octanol–water partition coefficient (Wildman–Crippen LogP) is 2.77. The van der Waals surface area contributed by atoms with Crippen LogP contribution in [-0.4, -0.2) is 53.2 Å². The molecule has 2 amide bonds. The minimum absolute atomic E-state index is 0.197. The Morgan fingerprint density at radius 2 is 1.86 bits per heavy atom. The number of amides is 2. The van der Waals surface area contributed by atoms with Gasteiger partial charge in [-0.3, -0.25) is 9.69 Å². The molecular weight excluding hydrogens is 381 g/mol. The highest BCUT2D eigenvalue weighted by atomic mass is 19.4. The lowest BCUT2D eigenvalue weighted by Gasteiger charge is -2.43. The number of hydrogen-bond donors (Lipinski definition) is 1. The molecule has 0 spiro atoms. The van der Waals surface area contributed by atoms with Crippen LogP contribution in [0.15, 0.2) is 4.42 Å². The summed E-state index contributed by atoms with van der Waals surface area (Å²) >= 11 is 0. The van der Waals surface area contributed by atoms with Crippen molar-refractivity contribution in [2.75, 3.05) is 18.0 Å². The summed E-state index contributed by atoms with van der Waals surface area (Å²) in [6.07, 6.45) is -4.93. The van der Waals surface area contributed by atoms with Crippen LogP contribution in [0, 0.1) is 0 Å². The zero-order chi connectivity index (χ0) is 21.3. The first kappa shape index (κ1) is 21.8. The van der Waals surface area contributed by atoms with Crippen LogP contribution in [0.3, 0.4) is 0 Å². The van der Waals surface area contributed by atoms with E-state index in [0.29, 0.717) is 0 Å². The number of anilines is 1. The molecule has 0 radical (unpaired) electrons. The number of carbonyl (C=O) groups excluding carboxylic acids is 2. The van der Waals surface area contributed by atoms with Gasteiger partial charge in [0.15, 0.2) is 0 Å². The maximum Gasteiger partial charge on any atom is 0.451 e. The van der Waals surface area contributed by atoms with Gasteiger partial charge in [0.1, 0.15) is 11.3 Å². The van der Waals surface area contributed by atoms with E-state index in [2.05, 4.69) is 10.3 Å². The number of nitrogens with zero attached hydrogens (tertiary/aromatic N) is 3. The maximum atomic E-state index is 13.2. The fourth-order valence-electron chi connectivity index (χ4n) is 3.11. The fraction of sp³-hybridized carbons (Fsp3) is 0.706. The lowest BCUT2D eigenvalue weighted by Crippen LogP contribution is -2.59. The first-order chi connectivity index (χ1) is 12.8. The smallest absolute Gasteiger partial charge is 0.444 e. The van der Waals surface area contributed by atoms with Crippen molar-refractivity contribution >= 4 is 18.5 Å². The number of rotatable bonds is 4. The number of halogens is 3. The van der Waals surface area contributed by atoms with E-state index in [4.69, 9.17) is 9.15 Å². The number of piperazine rings is 1. The minimum atomic E-state index is -4.74. The SMILES string of the molecule is CC1CN(c2nc(CNC=O)c(C(F)(F)F)o2)CC(C)N1C(=O)OC(C)(C)C. The van der Waals surface area contributed by atoms with Gasteiger partial charge in [-0.15, -0.1) is 0 Å². The molecule has 0 saturated carbocycles. The van der Waals surface area contributed by atoms with Gasteiger partial charge >= 0.3 is 12.3 Å². The third-order valence-electron chi connectivity index (χ3n) is 4.09. The largest absolute Gasteiger partial charge is 0.451 e. The van der Waals surface area contributed by atoms with Crippen LogP contribution in [0.5, 0.6) is 0 Å². The molecule has 0 aliphatic carbocycles. The zero-order valence-corrected chi connectivity index (χ0v) is 16.5. The molecule has 1 N–H and O–H groups in total.